The monoisotopic (exact) mass is 303 g/mol. The molecule has 0 amide bonds. The molecule has 2 rings (SSSR count). The molecule has 1 aliphatic heterocycles. The highest BCUT2D eigenvalue weighted by Gasteiger charge is 2.45. The highest BCUT2D eigenvalue weighted by molar-refractivity contribution is 4.94. The van der Waals surface area contributed by atoms with E-state index in [-0.39, 0.29) is 6.54 Å². The van der Waals surface area contributed by atoms with Crippen LogP contribution in [0, 0.1) is 0 Å². The van der Waals surface area contributed by atoms with E-state index in [1.807, 2.05) is 0 Å². The van der Waals surface area contributed by atoms with Gasteiger partial charge in [0, 0.05) is 18.8 Å². The Morgan fingerprint density at radius 1 is 1.43 bits per heavy atom. The summed E-state index contributed by atoms with van der Waals surface area (Å²) in [6.07, 6.45) is -4.36. The number of alkyl halides is 1. The van der Waals surface area contributed by atoms with Crippen molar-refractivity contribution in [1.29, 1.82) is 0 Å². The number of aromatic nitrogens is 2. The molecule has 1 aromatic heterocycles. The van der Waals surface area contributed by atoms with E-state index in [9.17, 15) is 19.1 Å². The van der Waals surface area contributed by atoms with Crippen LogP contribution in [0.25, 0.3) is 0 Å². The lowest BCUT2D eigenvalue weighted by atomic mass is 10.1. The van der Waals surface area contributed by atoms with Gasteiger partial charge in [-0.05, 0) is 13.0 Å². The molecular formula is C12H18FN3O5. The number of aliphatic hydroxyl groups excluding tert-OH is 2. The van der Waals surface area contributed by atoms with Gasteiger partial charge in [0.25, 0.3) is 5.56 Å². The van der Waals surface area contributed by atoms with Gasteiger partial charge in [-0.25, -0.2) is 9.18 Å². The van der Waals surface area contributed by atoms with Crippen molar-refractivity contribution in [1.82, 2.24) is 9.13 Å². The molecule has 1 aliphatic rings. The maximum atomic E-state index is 14.0. The molecule has 0 bridgehead atoms. The van der Waals surface area contributed by atoms with Crippen LogP contribution >= 0.6 is 0 Å². The number of nitrogens with two attached hydrogens (primary N) is 1. The lowest BCUT2D eigenvalue weighted by molar-refractivity contribution is -0.0496. The molecule has 1 fully saturated rings. The first-order chi connectivity index (χ1) is 10.0. The normalized spacial score (nSPS) is 29.0. The zero-order valence-corrected chi connectivity index (χ0v) is 11.3. The van der Waals surface area contributed by atoms with Crippen molar-refractivity contribution >= 4 is 0 Å². The minimum absolute atomic E-state index is 0.116. The fourth-order valence-corrected chi connectivity index (χ4v) is 2.26. The van der Waals surface area contributed by atoms with Crippen molar-refractivity contribution in [3.05, 3.63) is 33.1 Å². The Morgan fingerprint density at radius 3 is 2.71 bits per heavy atom. The molecule has 0 aromatic carbocycles. The topological polar surface area (TPSA) is 120 Å². The van der Waals surface area contributed by atoms with Crippen LogP contribution in [-0.4, -0.2) is 50.9 Å². The van der Waals surface area contributed by atoms with Crippen molar-refractivity contribution in [2.45, 2.75) is 37.6 Å². The van der Waals surface area contributed by atoms with Gasteiger partial charge in [0.2, 0.25) is 0 Å². The summed E-state index contributed by atoms with van der Waals surface area (Å²) in [6.45, 7) is -0.151. The van der Waals surface area contributed by atoms with Crippen molar-refractivity contribution < 1.29 is 19.3 Å². The largest absolute Gasteiger partial charge is 0.394 e. The fourth-order valence-electron chi connectivity index (χ4n) is 2.26. The van der Waals surface area contributed by atoms with E-state index >= 15 is 0 Å². The highest BCUT2D eigenvalue weighted by atomic mass is 19.1. The number of ether oxygens (including phenoxy) is 1. The average molecular weight is 303 g/mol. The SMILES string of the molecule is NCCCn1c(=O)ccn([C@@H]2O[C@H](CO)C(O)[C@@H]2F)c1=O. The lowest BCUT2D eigenvalue weighted by Gasteiger charge is -2.17. The van der Waals surface area contributed by atoms with Crippen LogP contribution in [0.15, 0.2) is 21.9 Å². The van der Waals surface area contributed by atoms with Gasteiger partial charge >= 0.3 is 5.69 Å². The third-order valence-corrected chi connectivity index (χ3v) is 3.43. The Morgan fingerprint density at radius 2 is 2.14 bits per heavy atom. The molecular weight excluding hydrogens is 285 g/mol. The van der Waals surface area contributed by atoms with Gasteiger partial charge in [0.05, 0.1) is 6.61 Å². The molecule has 0 saturated carbocycles. The number of rotatable bonds is 5. The molecule has 1 aromatic rings. The Hall–Kier alpha value is -1.55. The predicted molar refractivity (Wildman–Crippen MR) is 70.5 cm³/mol. The van der Waals surface area contributed by atoms with Crippen LogP contribution < -0.4 is 17.0 Å². The van der Waals surface area contributed by atoms with Crippen LogP contribution in [-0.2, 0) is 11.3 Å². The highest BCUT2D eigenvalue weighted by Crippen LogP contribution is 2.30. The Balaban J connectivity index is 2.37. The standard InChI is InChI=1S/C12H18FN3O5/c13-9-10(19)7(6-17)21-11(9)16-5-2-8(18)15(12(16)20)4-1-3-14/h2,5,7,9-11,17,19H,1,3-4,6,14H2/t7-,9+,10?,11-/m1/s1. The maximum Gasteiger partial charge on any atom is 0.333 e. The quantitative estimate of drug-likeness (QED) is 0.576. The van der Waals surface area contributed by atoms with Gasteiger partial charge in [-0.3, -0.25) is 13.9 Å². The first-order valence-corrected chi connectivity index (χ1v) is 6.61. The van der Waals surface area contributed by atoms with E-state index in [1.54, 1.807) is 0 Å². The van der Waals surface area contributed by atoms with E-state index in [1.165, 1.54) is 0 Å². The van der Waals surface area contributed by atoms with Crippen LogP contribution in [0.1, 0.15) is 12.6 Å². The average Bonchev–Trinajstić information content (AvgIpc) is 2.75. The summed E-state index contributed by atoms with van der Waals surface area (Å²) in [5.74, 6) is 0. The number of aliphatic hydroxyl groups is 2. The van der Waals surface area contributed by atoms with E-state index in [0.717, 1.165) is 21.4 Å². The predicted octanol–water partition coefficient (Wildman–Crippen LogP) is -2.05. The summed E-state index contributed by atoms with van der Waals surface area (Å²) >= 11 is 0. The van der Waals surface area contributed by atoms with Gasteiger partial charge in [0.1, 0.15) is 12.2 Å². The third kappa shape index (κ3) is 2.91. The molecule has 21 heavy (non-hydrogen) atoms. The molecule has 1 saturated heterocycles. The van der Waals surface area contributed by atoms with Crippen LogP contribution in [0.3, 0.4) is 0 Å². The molecule has 0 aliphatic carbocycles. The molecule has 4 N–H and O–H groups in total. The molecule has 1 unspecified atom stereocenters. The Kier molecular flexibility index (Phi) is 4.88. The second-order valence-electron chi connectivity index (χ2n) is 4.82. The molecule has 118 valence electrons. The van der Waals surface area contributed by atoms with Gasteiger partial charge in [0.15, 0.2) is 12.4 Å². The fraction of sp³-hybridized carbons (Fsp3) is 0.667. The smallest absolute Gasteiger partial charge is 0.333 e. The first kappa shape index (κ1) is 15.8. The Bertz CT molecular complexity index is 601. The molecule has 2 heterocycles. The van der Waals surface area contributed by atoms with Gasteiger partial charge in [-0.1, -0.05) is 0 Å². The zero-order valence-electron chi connectivity index (χ0n) is 11.3. The lowest BCUT2D eigenvalue weighted by Crippen LogP contribution is -2.42. The number of hydrogen-bond acceptors (Lipinski definition) is 6. The molecule has 4 atom stereocenters. The van der Waals surface area contributed by atoms with Gasteiger partial charge in [-0.2, -0.15) is 0 Å². The summed E-state index contributed by atoms with van der Waals surface area (Å²) in [5, 5.41) is 18.6. The van der Waals surface area contributed by atoms with Gasteiger partial charge in [-0.15, -0.1) is 0 Å². The maximum absolute atomic E-state index is 14.0. The first-order valence-electron chi connectivity index (χ1n) is 6.61. The molecule has 9 heteroatoms. The van der Waals surface area contributed by atoms with Crippen molar-refractivity contribution in [2.24, 2.45) is 5.73 Å². The van der Waals surface area contributed by atoms with Crippen LogP contribution in [0.5, 0.6) is 0 Å². The second kappa shape index (κ2) is 6.48. The number of halogens is 1. The van der Waals surface area contributed by atoms with E-state index in [2.05, 4.69) is 0 Å². The van der Waals surface area contributed by atoms with Crippen molar-refractivity contribution in [3.63, 3.8) is 0 Å². The van der Waals surface area contributed by atoms with Crippen LogP contribution in [0.4, 0.5) is 4.39 Å². The molecule has 0 radical (unpaired) electrons. The minimum Gasteiger partial charge on any atom is -0.394 e. The summed E-state index contributed by atoms with van der Waals surface area (Å²) in [6, 6.07) is 1.12. The second-order valence-corrected chi connectivity index (χ2v) is 4.82. The van der Waals surface area contributed by atoms with Crippen molar-refractivity contribution in [3.8, 4) is 0 Å². The third-order valence-electron chi connectivity index (χ3n) is 3.43. The van der Waals surface area contributed by atoms with E-state index < -0.39 is 42.5 Å². The summed E-state index contributed by atoms with van der Waals surface area (Å²) in [4.78, 5) is 23.9. The minimum atomic E-state index is -1.87. The number of hydrogen-bond donors (Lipinski definition) is 3. The molecule has 0 spiro atoms. The van der Waals surface area contributed by atoms with Crippen LogP contribution in [0.2, 0.25) is 0 Å². The van der Waals surface area contributed by atoms with E-state index in [0.29, 0.717) is 13.0 Å². The summed E-state index contributed by atoms with van der Waals surface area (Å²) < 4.78 is 21.0. The summed E-state index contributed by atoms with van der Waals surface area (Å²) in [5.41, 5.74) is 4.09. The summed E-state index contributed by atoms with van der Waals surface area (Å²) in [7, 11) is 0. The van der Waals surface area contributed by atoms with Gasteiger partial charge < -0.3 is 20.7 Å². The van der Waals surface area contributed by atoms with Crippen molar-refractivity contribution in [2.75, 3.05) is 13.2 Å². The zero-order chi connectivity index (χ0) is 15.6. The molecule has 8 nitrogen and oxygen atoms in total. The number of nitrogens with zero attached hydrogens (tertiary/aromatic N) is 2. The Labute approximate surface area is 119 Å². The van der Waals surface area contributed by atoms with E-state index in [4.69, 9.17) is 15.6 Å².